The van der Waals surface area contributed by atoms with Crippen molar-refractivity contribution >= 4 is 23.3 Å². The predicted octanol–water partition coefficient (Wildman–Crippen LogP) is 3.45. The number of benzene rings is 2. The van der Waals surface area contributed by atoms with Crippen molar-refractivity contribution in [1.29, 1.82) is 0 Å². The largest absolute Gasteiger partial charge is 0.481 e. The standard InChI is InChI=1S/C22H26N2O4/c1-5-20(25)17-8-12-19(13-9-17)28-16(3)22(27)24(4)14-21(26)23-18-10-6-15(2)7-11-18/h6-13,16H,5,14H2,1-4H3,(H,23,26)/t16-/m1/s1. The first-order valence-electron chi connectivity index (χ1n) is 9.21. The average Bonchev–Trinajstić information content (AvgIpc) is 2.68. The molecule has 28 heavy (non-hydrogen) atoms. The van der Waals surface area contributed by atoms with Crippen LogP contribution in [0.4, 0.5) is 5.69 Å². The summed E-state index contributed by atoms with van der Waals surface area (Å²) in [5.41, 5.74) is 2.39. The summed E-state index contributed by atoms with van der Waals surface area (Å²) in [4.78, 5) is 37.6. The number of aryl methyl sites for hydroxylation is 1. The van der Waals surface area contributed by atoms with Crippen molar-refractivity contribution in [2.75, 3.05) is 18.9 Å². The van der Waals surface area contributed by atoms with Crippen LogP contribution in [-0.4, -0.2) is 42.2 Å². The Labute approximate surface area is 165 Å². The van der Waals surface area contributed by atoms with Gasteiger partial charge in [-0.05, 0) is 50.2 Å². The molecule has 148 valence electrons. The number of carbonyl (C=O) groups is 3. The van der Waals surface area contributed by atoms with Gasteiger partial charge >= 0.3 is 0 Å². The highest BCUT2D eigenvalue weighted by atomic mass is 16.5. The molecule has 6 nitrogen and oxygen atoms in total. The van der Waals surface area contributed by atoms with E-state index in [1.807, 2.05) is 31.2 Å². The van der Waals surface area contributed by atoms with Crippen LogP contribution < -0.4 is 10.1 Å². The lowest BCUT2D eigenvalue weighted by Crippen LogP contribution is -2.41. The topological polar surface area (TPSA) is 75.7 Å². The van der Waals surface area contributed by atoms with Gasteiger partial charge in [0.15, 0.2) is 11.9 Å². The fraction of sp³-hybridized carbons (Fsp3) is 0.318. The van der Waals surface area contributed by atoms with Gasteiger partial charge in [-0.3, -0.25) is 14.4 Å². The van der Waals surface area contributed by atoms with E-state index in [0.717, 1.165) is 5.56 Å². The smallest absolute Gasteiger partial charge is 0.263 e. The zero-order chi connectivity index (χ0) is 20.7. The fourth-order valence-corrected chi connectivity index (χ4v) is 2.62. The van der Waals surface area contributed by atoms with Gasteiger partial charge in [0, 0.05) is 24.7 Å². The van der Waals surface area contributed by atoms with Crippen LogP contribution in [0.15, 0.2) is 48.5 Å². The van der Waals surface area contributed by atoms with Crippen molar-refractivity contribution in [1.82, 2.24) is 4.90 Å². The van der Waals surface area contributed by atoms with Crippen LogP contribution in [-0.2, 0) is 9.59 Å². The van der Waals surface area contributed by atoms with E-state index in [1.165, 1.54) is 4.90 Å². The Bertz CT molecular complexity index is 829. The van der Waals surface area contributed by atoms with E-state index in [9.17, 15) is 14.4 Å². The third kappa shape index (κ3) is 5.94. The molecule has 0 aliphatic rings. The number of anilines is 1. The van der Waals surface area contributed by atoms with Crippen LogP contribution in [0.3, 0.4) is 0 Å². The van der Waals surface area contributed by atoms with Crippen LogP contribution in [0.25, 0.3) is 0 Å². The van der Waals surface area contributed by atoms with Gasteiger partial charge in [-0.15, -0.1) is 0 Å². The molecule has 2 aromatic rings. The second-order valence-electron chi connectivity index (χ2n) is 6.67. The molecule has 0 aromatic heterocycles. The minimum atomic E-state index is -0.759. The van der Waals surface area contributed by atoms with E-state index < -0.39 is 6.10 Å². The molecule has 0 aliphatic carbocycles. The molecule has 0 saturated carbocycles. The Balaban J connectivity index is 1.88. The van der Waals surface area contributed by atoms with Crippen molar-refractivity contribution in [3.05, 3.63) is 59.7 Å². The van der Waals surface area contributed by atoms with Crippen LogP contribution in [0, 0.1) is 6.92 Å². The number of rotatable bonds is 8. The molecule has 6 heteroatoms. The van der Waals surface area contributed by atoms with E-state index in [1.54, 1.807) is 45.2 Å². The maximum Gasteiger partial charge on any atom is 0.263 e. The number of amides is 2. The van der Waals surface area contributed by atoms with Gasteiger partial charge < -0.3 is 15.0 Å². The quantitative estimate of drug-likeness (QED) is 0.710. The van der Waals surface area contributed by atoms with Crippen molar-refractivity contribution in [3.63, 3.8) is 0 Å². The van der Waals surface area contributed by atoms with Gasteiger partial charge in [-0.1, -0.05) is 24.6 Å². The predicted molar refractivity (Wildman–Crippen MR) is 109 cm³/mol. The first kappa shape index (κ1) is 21.2. The molecule has 2 rings (SSSR count). The first-order chi connectivity index (χ1) is 13.3. The lowest BCUT2D eigenvalue weighted by atomic mass is 10.1. The van der Waals surface area contributed by atoms with Gasteiger partial charge in [-0.2, -0.15) is 0 Å². The number of nitrogens with zero attached hydrogens (tertiary/aromatic N) is 1. The van der Waals surface area contributed by atoms with E-state index in [0.29, 0.717) is 23.4 Å². The summed E-state index contributed by atoms with van der Waals surface area (Å²) < 4.78 is 5.64. The van der Waals surface area contributed by atoms with Crippen LogP contribution >= 0.6 is 0 Å². The molecule has 2 amide bonds. The van der Waals surface area contributed by atoms with Crippen LogP contribution in [0.1, 0.15) is 36.2 Å². The number of hydrogen-bond acceptors (Lipinski definition) is 4. The maximum atomic E-state index is 12.5. The van der Waals surface area contributed by atoms with Gasteiger partial charge in [0.2, 0.25) is 5.91 Å². The highest BCUT2D eigenvalue weighted by Gasteiger charge is 2.21. The van der Waals surface area contributed by atoms with E-state index >= 15 is 0 Å². The summed E-state index contributed by atoms with van der Waals surface area (Å²) in [7, 11) is 1.56. The molecule has 0 bridgehead atoms. The number of hydrogen-bond donors (Lipinski definition) is 1. The molecular formula is C22H26N2O4. The van der Waals surface area contributed by atoms with E-state index in [4.69, 9.17) is 4.74 Å². The number of ketones is 1. The van der Waals surface area contributed by atoms with Crippen LogP contribution in [0.2, 0.25) is 0 Å². The molecule has 0 radical (unpaired) electrons. The SMILES string of the molecule is CCC(=O)c1ccc(O[C@H](C)C(=O)N(C)CC(=O)Nc2ccc(C)cc2)cc1. The zero-order valence-electron chi connectivity index (χ0n) is 16.7. The third-order valence-electron chi connectivity index (χ3n) is 4.25. The lowest BCUT2D eigenvalue weighted by Gasteiger charge is -2.22. The van der Waals surface area contributed by atoms with Crippen molar-refractivity contribution < 1.29 is 19.1 Å². The fourth-order valence-electron chi connectivity index (χ4n) is 2.62. The third-order valence-corrected chi connectivity index (χ3v) is 4.25. The first-order valence-corrected chi connectivity index (χ1v) is 9.21. The highest BCUT2D eigenvalue weighted by molar-refractivity contribution is 5.96. The summed E-state index contributed by atoms with van der Waals surface area (Å²) >= 11 is 0. The summed E-state index contributed by atoms with van der Waals surface area (Å²) in [6.07, 6.45) is -0.324. The second kappa shape index (κ2) is 9.69. The average molecular weight is 382 g/mol. The maximum absolute atomic E-state index is 12.5. The van der Waals surface area contributed by atoms with E-state index in [2.05, 4.69) is 5.32 Å². The summed E-state index contributed by atoms with van der Waals surface area (Å²) in [6, 6.07) is 14.1. The normalized spacial score (nSPS) is 11.4. The summed E-state index contributed by atoms with van der Waals surface area (Å²) in [5, 5.41) is 2.76. The van der Waals surface area contributed by atoms with E-state index in [-0.39, 0.29) is 24.1 Å². The van der Waals surface area contributed by atoms with Gasteiger partial charge in [0.05, 0.1) is 6.54 Å². The number of ether oxygens (including phenoxy) is 1. The molecule has 1 atom stereocenters. The molecule has 0 spiro atoms. The molecule has 0 fully saturated rings. The highest BCUT2D eigenvalue weighted by Crippen LogP contribution is 2.16. The minimum Gasteiger partial charge on any atom is -0.481 e. The lowest BCUT2D eigenvalue weighted by molar-refractivity contribution is -0.139. The molecule has 1 N–H and O–H groups in total. The van der Waals surface area contributed by atoms with Crippen molar-refractivity contribution in [2.24, 2.45) is 0 Å². The summed E-state index contributed by atoms with van der Waals surface area (Å²) in [6.45, 7) is 5.32. The monoisotopic (exact) mass is 382 g/mol. The molecule has 0 saturated heterocycles. The molecular weight excluding hydrogens is 356 g/mol. The zero-order valence-corrected chi connectivity index (χ0v) is 16.7. The Kier molecular flexibility index (Phi) is 7.32. The Morgan fingerprint density at radius 2 is 1.64 bits per heavy atom. The second-order valence-corrected chi connectivity index (χ2v) is 6.67. The van der Waals surface area contributed by atoms with Gasteiger partial charge in [0.25, 0.3) is 5.91 Å². The molecule has 0 heterocycles. The number of likely N-dealkylation sites (N-methyl/N-ethyl adjacent to an activating group) is 1. The van der Waals surface area contributed by atoms with Gasteiger partial charge in [0.1, 0.15) is 5.75 Å². The Morgan fingerprint density at radius 3 is 2.21 bits per heavy atom. The molecule has 2 aromatic carbocycles. The number of Topliss-reactive ketones (excluding diaryl/α,β-unsaturated/α-hetero) is 1. The van der Waals surface area contributed by atoms with Crippen LogP contribution in [0.5, 0.6) is 5.75 Å². The number of nitrogens with one attached hydrogen (secondary N) is 1. The van der Waals surface area contributed by atoms with Crippen molar-refractivity contribution in [2.45, 2.75) is 33.3 Å². The Morgan fingerprint density at radius 1 is 1.04 bits per heavy atom. The Hall–Kier alpha value is -3.15. The molecule has 0 aliphatic heterocycles. The van der Waals surface area contributed by atoms with Crippen molar-refractivity contribution in [3.8, 4) is 5.75 Å². The number of carbonyl (C=O) groups excluding carboxylic acids is 3. The summed E-state index contributed by atoms with van der Waals surface area (Å²) in [5.74, 6) is -0.0527. The van der Waals surface area contributed by atoms with Gasteiger partial charge in [-0.25, -0.2) is 0 Å². The molecule has 0 unspecified atom stereocenters. The minimum absolute atomic E-state index is 0.0509.